The third-order valence-electron chi connectivity index (χ3n) is 5.18. The van der Waals surface area contributed by atoms with E-state index in [1.807, 2.05) is 31.2 Å². The Morgan fingerprint density at radius 3 is 2.89 bits per heavy atom. The molecule has 0 fully saturated rings. The van der Waals surface area contributed by atoms with E-state index >= 15 is 0 Å². The van der Waals surface area contributed by atoms with Gasteiger partial charge in [0.1, 0.15) is 11.6 Å². The number of ketones is 1. The van der Waals surface area contributed by atoms with E-state index in [1.54, 1.807) is 10.9 Å². The van der Waals surface area contributed by atoms with Crippen molar-refractivity contribution in [2.24, 2.45) is 0 Å². The number of anilines is 1. The monoisotopic (exact) mass is 369 g/mol. The van der Waals surface area contributed by atoms with Crippen molar-refractivity contribution in [3.8, 4) is 5.69 Å². The van der Waals surface area contributed by atoms with Gasteiger partial charge in [-0.05, 0) is 49.2 Å². The van der Waals surface area contributed by atoms with Crippen LogP contribution in [-0.2, 0) is 6.42 Å². The number of hydrogen-bond acceptors (Lipinski definition) is 4. The summed E-state index contributed by atoms with van der Waals surface area (Å²) in [5.41, 5.74) is 13.5. The third-order valence-corrected chi connectivity index (χ3v) is 5.18. The third kappa shape index (κ3) is 2.53. The number of carbonyl (C=O) groups excluding carboxylic acids is 1. The lowest BCUT2D eigenvalue weighted by Crippen LogP contribution is -2.08. The predicted octanol–water partition coefficient (Wildman–Crippen LogP) is 3.77. The minimum atomic E-state index is -0.0731. The molecule has 5 rings (SSSR count). The number of aromatic amines is 1. The van der Waals surface area contributed by atoms with E-state index < -0.39 is 0 Å². The first-order valence-electron chi connectivity index (χ1n) is 9.14. The number of nitrogens with two attached hydrogens (primary N) is 1. The van der Waals surface area contributed by atoms with Crippen LogP contribution < -0.4 is 5.73 Å². The average Bonchev–Trinajstić information content (AvgIpc) is 3.35. The summed E-state index contributed by atoms with van der Waals surface area (Å²) in [7, 11) is 0. The molecule has 2 aromatic heterocycles. The number of allylic oxidation sites excluding steroid dienone is 1. The Labute approximate surface area is 161 Å². The topological polar surface area (TPSA) is 89.6 Å². The van der Waals surface area contributed by atoms with E-state index in [-0.39, 0.29) is 5.78 Å². The molecular weight excluding hydrogens is 350 g/mol. The maximum atomic E-state index is 13.1. The maximum absolute atomic E-state index is 13.1. The van der Waals surface area contributed by atoms with E-state index in [9.17, 15) is 4.79 Å². The Balaban J connectivity index is 1.49. The summed E-state index contributed by atoms with van der Waals surface area (Å²) in [6.45, 7) is 3.97. The summed E-state index contributed by atoms with van der Waals surface area (Å²) >= 11 is 0. The van der Waals surface area contributed by atoms with Gasteiger partial charge in [0.2, 0.25) is 0 Å². The smallest absolute Gasteiger partial charge is 0.194 e. The molecule has 6 heteroatoms. The second-order valence-electron chi connectivity index (χ2n) is 7.26. The van der Waals surface area contributed by atoms with Gasteiger partial charge in [0.05, 0.1) is 28.5 Å². The van der Waals surface area contributed by atoms with Gasteiger partial charge in [-0.1, -0.05) is 23.8 Å². The van der Waals surface area contributed by atoms with Crippen LogP contribution in [-0.4, -0.2) is 25.5 Å². The summed E-state index contributed by atoms with van der Waals surface area (Å²) in [6, 6.07) is 12.0. The summed E-state index contributed by atoms with van der Waals surface area (Å²) in [5, 5.41) is 4.36. The van der Waals surface area contributed by atoms with Gasteiger partial charge in [-0.2, -0.15) is 5.10 Å². The quantitative estimate of drug-likeness (QED) is 0.538. The molecule has 0 spiro atoms. The van der Waals surface area contributed by atoms with Gasteiger partial charge >= 0.3 is 0 Å². The van der Waals surface area contributed by atoms with E-state index in [1.165, 1.54) is 11.1 Å². The molecule has 0 saturated heterocycles. The minimum Gasteiger partial charge on any atom is -0.383 e. The number of imidazole rings is 1. The second kappa shape index (κ2) is 5.92. The normalized spacial score (nSPS) is 13.0. The van der Waals surface area contributed by atoms with Crippen LogP contribution in [0.2, 0.25) is 0 Å². The number of nitrogens with zero attached hydrogens (tertiary/aromatic N) is 3. The molecule has 1 aliphatic rings. The number of fused-ring (bicyclic) bond motifs is 2. The van der Waals surface area contributed by atoms with Crippen molar-refractivity contribution >= 4 is 28.7 Å². The van der Waals surface area contributed by atoms with Gasteiger partial charge in [-0.3, -0.25) is 4.79 Å². The zero-order valence-electron chi connectivity index (χ0n) is 15.7. The van der Waals surface area contributed by atoms with Gasteiger partial charge < -0.3 is 10.7 Å². The molecule has 0 radical (unpaired) electrons. The molecule has 0 unspecified atom stereocenters. The Bertz CT molecular complexity index is 1290. The lowest BCUT2D eigenvalue weighted by molar-refractivity contribution is 0.103. The van der Waals surface area contributed by atoms with Gasteiger partial charge in [0.15, 0.2) is 5.78 Å². The number of nitrogens with one attached hydrogen (secondary N) is 1. The highest BCUT2D eigenvalue weighted by Gasteiger charge is 2.24. The molecule has 0 saturated carbocycles. The number of hydrogen-bond donors (Lipinski definition) is 2. The summed E-state index contributed by atoms with van der Waals surface area (Å²) in [4.78, 5) is 20.7. The molecule has 0 amide bonds. The molecule has 6 nitrogen and oxygen atoms in total. The summed E-state index contributed by atoms with van der Waals surface area (Å²) in [5.74, 6) is 1.11. The lowest BCUT2D eigenvalue weighted by atomic mass is 10.0. The van der Waals surface area contributed by atoms with Crippen LogP contribution in [0, 0.1) is 13.8 Å². The fourth-order valence-electron chi connectivity index (χ4n) is 3.79. The largest absolute Gasteiger partial charge is 0.383 e. The fraction of sp³-hybridized carbons (Fsp3) is 0.136. The number of H-pyrrole nitrogens is 1. The van der Waals surface area contributed by atoms with Crippen LogP contribution in [0.4, 0.5) is 5.82 Å². The van der Waals surface area contributed by atoms with E-state index in [4.69, 9.17) is 5.73 Å². The predicted molar refractivity (Wildman–Crippen MR) is 110 cm³/mol. The van der Waals surface area contributed by atoms with Crippen molar-refractivity contribution in [2.75, 3.05) is 5.73 Å². The maximum Gasteiger partial charge on any atom is 0.194 e. The molecule has 0 atom stereocenters. The summed E-state index contributed by atoms with van der Waals surface area (Å²) < 4.78 is 1.59. The van der Waals surface area contributed by atoms with E-state index in [0.29, 0.717) is 17.8 Å². The molecule has 3 N–H and O–H groups in total. The molecule has 2 heterocycles. The van der Waals surface area contributed by atoms with Crippen molar-refractivity contribution < 1.29 is 4.79 Å². The van der Waals surface area contributed by atoms with Crippen LogP contribution in [0.5, 0.6) is 0 Å². The Morgan fingerprint density at radius 1 is 1.18 bits per heavy atom. The molecule has 1 aliphatic carbocycles. The van der Waals surface area contributed by atoms with Gasteiger partial charge in [0.25, 0.3) is 0 Å². The number of Topliss-reactive ketones (excluding diaryl/α,β-unsaturated/α-hetero) is 1. The van der Waals surface area contributed by atoms with Crippen molar-refractivity contribution in [1.29, 1.82) is 0 Å². The number of aryl methyl sites for hydroxylation is 2. The Morgan fingerprint density at radius 2 is 2.04 bits per heavy atom. The molecule has 0 bridgehead atoms. The van der Waals surface area contributed by atoms with E-state index in [2.05, 4.69) is 40.2 Å². The first-order valence-corrected chi connectivity index (χ1v) is 9.14. The molecule has 28 heavy (non-hydrogen) atoms. The number of aromatic nitrogens is 4. The zero-order chi connectivity index (χ0) is 19.4. The highest BCUT2D eigenvalue weighted by Crippen LogP contribution is 2.30. The first kappa shape index (κ1) is 16.5. The van der Waals surface area contributed by atoms with Gasteiger partial charge in [-0.15, -0.1) is 0 Å². The van der Waals surface area contributed by atoms with E-state index in [0.717, 1.165) is 33.7 Å². The lowest BCUT2D eigenvalue weighted by Gasteiger charge is -2.06. The van der Waals surface area contributed by atoms with Crippen molar-refractivity contribution in [3.05, 3.63) is 76.2 Å². The van der Waals surface area contributed by atoms with Gasteiger partial charge in [-0.25, -0.2) is 9.67 Å². The number of nitrogen functional groups attached to an aromatic ring is 1. The standard InChI is InChI=1S/C22H19N5O/c1-12-3-4-14-8-16(9-15(14)7-12)21(28)18-11-24-27(22(18)23)17-5-6-19-20(10-17)26-13(2)25-19/h3-8,10-11H,9,23H2,1-2H3,(H,25,26). The van der Waals surface area contributed by atoms with Crippen molar-refractivity contribution in [2.45, 2.75) is 20.3 Å². The Kier molecular flexibility index (Phi) is 3.49. The van der Waals surface area contributed by atoms with Crippen LogP contribution >= 0.6 is 0 Å². The van der Waals surface area contributed by atoms with Gasteiger partial charge in [0, 0.05) is 12.0 Å². The molecule has 4 aromatic rings. The number of rotatable bonds is 3. The summed E-state index contributed by atoms with van der Waals surface area (Å²) in [6.07, 6.45) is 4.13. The molecular formula is C22H19N5O. The number of carbonyl (C=O) groups is 1. The molecule has 138 valence electrons. The van der Waals surface area contributed by atoms with Crippen molar-refractivity contribution in [1.82, 2.24) is 19.7 Å². The van der Waals surface area contributed by atoms with Crippen LogP contribution in [0.3, 0.4) is 0 Å². The fourth-order valence-corrected chi connectivity index (χ4v) is 3.79. The highest BCUT2D eigenvalue weighted by atomic mass is 16.1. The molecule has 2 aromatic carbocycles. The SMILES string of the molecule is Cc1ccc2c(c1)CC(C(=O)c1cnn(-c3ccc4nc(C)[nH]c4c3)c1N)=C2. The minimum absolute atomic E-state index is 0.0731. The second-order valence-corrected chi connectivity index (χ2v) is 7.26. The average molecular weight is 369 g/mol. The zero-order valence-corrected chi connectivity index (χ0v) is 15.7. The number of benzene rings is 2. The van der Waals surface area contributed by atoms with Crippen LogP contribution in [0.15, 0.2) is 48.2 Å². The first-order chi connectivity index (χ1) is 13.5. The van der Waals surface area contributed by atoms with Crippen LogP contribution in [0.1, 0.15) is 32.9 Å². The van der Waals surface area contributed by atoms with Crippen molar-refractivity contribution in [3.63, 3.8) is 0 Å². The van der Waals surface area contributed by atoms with Crippen LogP contribution in [0.25, 0.3) is 22.8 Å². The Hall–Kier alpha value is -3.67. The molecule has 0 aliphatic heterocycles. The highest BCUT2D eigenvalue weighted by molar-refractivity contribution is 6.15.